The van der Waals surface area contributed by atoms with Gasteiger partial charge in [-0.2, -0.15) is 0 Å². The monoisotopic (exact) mass is 356 g/mol. The number of quaternary nitrogens is 1. The molecule has 4 heterocycles. The van der Waals surface area contributed by atoms with E-state index >= 15 is 0 Å². The fraction of sp³-hybridized carbons (Fsp3) is 0.476. The van der Waals surface area contributed by atoms with Crippen LogP contribution in [0.5, 0.6) is 5.75 Å². The topological polar surface area (TPSA) is 72.4 Å². The van der Waals surface area contributed by atoms with Crippen LogP contribution in [0.25, 0.3) is 10.9 Å². The summed E-state index contributed by atoms with van der Waals surface area (Å²) in [7, 11) is 3.96. The van der Waals surface area contributed by atoms with E-state index in [1.54, 1.807) is 13.3 Å². The molecule has 5 nitrogen and oxygen atoms in total. The Labute approximate surface area is 154 Å². The summed E-state index contributed by atoms with van der Waals surface area (Å²) in [6, 6.07) is 8.06. The van der Waals surface area contributed by atoms with Crippen LogP contribution in [0.1, 0.15) is 24.5 Å². The van der Waals surface area contributed by atoms with E-state index in [-0.39, 0.29) is 11.5 Å². The lowest BCUT2D eigenvalue weighted by Gasteiger charge is -2.56. The third-order valence-electron chi connectivity index (χ3n) is 6.56. The molecule has 2 bridgehead atoms. The average molecular weight is 356 g/mol. The van der Waals surface area contributed by atoms with Crippen molar-refractivity contribution in [1.29, 1.82) is 0 Å². The van der Waals surface area contributed by atoms with Crippen LogP contribution in [0.4, 0.5) is 0 Å². The molecular weight excluding hydrogens is 328 g/mol. The number of aromatic nitrogens is 1. The molecule has 5 atom stereocenters. The number of benzene rings is 1. The van der Waals surface area contributed by atoms with Gasteiger partial charge < -0.3 is 19.8 Å². The molecule has 0 saturated carbocycles. The highest BCUT2D eigenvalue weighted by atomic mass is 16.5. The largest absolute Gasteiger partial charge is 0.870 e. The molecule has 0 aliphatic carbocycles. The number of methoxy groups -OCH3 is 1. The normalized spacial score (nSPS) is 31.3. The van der Waals surface area contributed by atoms with Gasteiger partial charge in [0.1, 0.15) is 17.9 Å². The number of fused-ring (bicyclic) bond motifs is 4. The van der Waals surface area contributed by atoms with Crippen molar-refractivity contribution in [2.24, 2.45) is 11.8 Å². The molecule has 0 spiro atoms. The van der Waals surface area contributed by atoms with E-state index in [4.69, 9.17) is 4.74 Å². The van der Waals surface area contributed by atoms with Crippen molar-refractivity contribution in [2.75, 3.05) is 27.2 Å². The van der Waals surface area contributed by atoms with Crippen LogP contribution in [0.15, 0.2) is 43.1 Å². The van der Waals surface area contributed by atoms with Gasteiger partial charge in [-0.1, -0.05) is 6.08 Å². The first-order chi connectivity index (χ1) is 12.1. The average Bonchev–Trinajstić information content (AvgIpc) is 2.66. The Morgan fingerprint density at radius 1 is 1.38 bits per heavy atom. The predicted molar refractivity (Wildman–Crippen MR) is 101 cm³/mol. The highest BCUT2D eigenvalue weighted by Gasteiger charge is 2.51. The van der Waals surface area contributed by atoms with E-state index < -0.39 is 6.10 Å². The van der Waals surface area contributed by atoms with Crippen molar-refractivity contribution >= 4 is 10.9 Å². The summed E-state index contributed by atoms with van der Waals surface area (Å²) in [5, 5.41) is 12.3. The summed E-state index contributed by atoms with van der Waals surface area (Å²) in [5.41, 5.74) is 1.87. The minimum absolute atomic E-state index is 0. The van der Waals surface area contributed by atoms with Crippen LogP contribution < -0.4 is 4.74 Å². The van der Waals surface area contributed by atoms with Crippen molar-refractivity contribution in [3.8, 4) is 5.75 Å². The number of piperidine rings is 3. The first-order valence-corrected chi connectivity index (χ1v) is 9.13. The maximum Gasteiger partial charge on any atom is 0.131 e. The zero-order valence-corrected chi connectivity index (χ0v) is 15.5. The predicted octanol–water partition coefficient (Wildman–Crippen LogP) is 3.14. The third-order valence-corrected chi connectivity index (χ3v) is 6.56. The number of likely N-dealkylation sites (N-methyl/N-ethyl adjacent to an activating group) is 1. The van der Waals surface area contributed by atoms with Crippen molar-refractivity contribution in [3.63, 3.8) is 0 Å². The second kappa shape index (κ2) is 6.99. The van der Waals surface area contributed by atoms with E-state index in [0.717, 1.165) is 46.2 Å². The molecule has 140 valence electrons. The molecule has 2 N–H and O–H groups in total. The minimum Gasteiger partial charge on any atom is -0.870 e. The van der Waals surface area contributed by atoms with Crippen LogP contribution in [0.3, 0.4) is 0 Å². The molecule has 3 saturated heterocycles. The van der Waals surface area contributed by atoms with Crippen molar-refractivity contribution in [1.82, 2.24) is 4.98 Å². The Bertz CT molecular complexity index is 809. The van der Waals surface area contributed by atoms with Gasteiger partial charge in [-0.25, -0.2) is 0 Å². The van der Waals surface area contributed by atoms with Crippen LogP contribution in [-0.4, -0.2) is 53.3 Å². The number of hydrogen-bond donors (Lipinski definition) is 1. The molecular formula is C21H28N2O3. The van der Waals surface area contributed by atoms with Crippen molar-refractivity contribution < 1.29 is 19.8 Å². The second-order valence-corrected chi connectivity index (χ2v) is 7.87. The standard InChI is InChI=1S/C21H27N2O2.H2O/c1-4-14-13-23(2)10-8-15(14)11-20(23)21(24)17-7-9-22-19-6-5-16(25-3)12-18(17)19;/h4-7,9,12,14-15,20-21,24H,1,8,10-11,13H2,2-3H3;1H2/q+1;/p-1/t14-,15-,20+,21-,23?;/m0./s1. The first kappa shape index (κ1) is 18.8. The van der Waals surface area contributed by atoms with Gasteiger partial charge in [0.05, 0.1) is 32.8 Å². The van der Waals surface area contributed by atoms with Crippen molar-refractivity contribution in [3.05, 3.63) is 48.7 Å². The molecule has 3 fully saturated rings. The Balaban J connectivity index is 0.00000196. The molecule has 5 heteroatoms. The van der Waals surface area contributed by atoms with Crippen LogP contribution in [-0.2, 0) is 0 Å². The smallest absolute Gasteiger partial charge is 0.131 e. The molecule has 0 radical (unpaired) electrons. The van der Waals surface area contributed by atoms with Gasteiger partial charge in [-0.15, -0.1) is 6.58 Å². The molecule has 1 unspecified atom stereocenters. The maximum atomic E-state index is 11.3. The lowest BCUT2D eigenvalue weighted by molar-refractivity contribution is -0.956. The fourth-order valence-corrected chi connectivity index (χ4v) is 5.03. The van der Waals surface area contributed by atoms with Gasteiger partial charge in [-0.05, 0) is 35.7 Å². The number of hydrogen-bond acceptors (Lipinski definition) is 4. The van der Waals surface area contributed by atoms with Gasteiger partial charge in [0.2, 0.25) is 0 Å². The summed E-state index contributed by atoms with van der Waals surface area (Å²) < 4.78 is 6.31. The SMILES string of the molecule is C=C[C@H]1C[N+]2(C)CC[C@H]1C[C@@H]2[C@@H](O)c1ccnc2ccc(OC)cc12.[OH-]. The van der Waals surface area contributed by atoms with Gasteiger partial charge in [-0.3, -0.25) is 4.98 Å². The van der Waals surface area contributed by atoms with Crippen LogP contribution >= 0.6 is 0 Å². The summed E-state index contributed by atoms with van der Waals surface area (Å²) in [6.45, 7) is 6.26. The van der Waals surface area contributed by atoms with Gasteiger partial charge in [0, 0.05) is 30.3 Å². The zero-order valence-electron chi connectivity index (χ0n) is 15.5. The van der Waals surface area contributed by atoms with Crippen molar-refractivity contribution in [2.45, 2.75) is 25.0 Å². The number of ether oxygens (including phenoxy) is 1. The molecule has 3 aliphatic rings. The molecule has 0 amide bonds. The Morgan fingerprint density at radius 3 is 2.88 bits per heavy atom. The first-order valence-electron chi connectivity index (χ1n) is 9.13. The fourth-order valence-electron chi connectivity index (χ4n) is 5.03. The summed E-state index contributed by atoms with van der Waals surface area (Å²) >= 11 is 0. The van der Waals surface area contributed by atoms with Crippen LogP contribution in [0, 0.1) is 11.8 Å². The Morgan fingerprint density at radius 2 is 2.19 bits per heavy atom. The molecule has 1 aromatic carbocycles. The van der Waals surface area contributed by atoms with E-state index in [9.17, 15) is 5.11 Å². The third kappa shape index (κ3) is 2.90. The Kier molecular flexibility index (Phi) is 5.06. The second-order valence-electron chi connectivity index (χ2n) is 7.87. The van der Waals surface area contributed by atoms with E-state index in [1.807, 2.05) is 24.3 Å². The number of rotatable bonds is 4. The zero-order chi connectivity index (χ0) is 17.6. The van der Waals surface area contributed by atoms with E-state index in [2.05, 4.69) is 24.7 Å². The quantitative estimate of drug-likeness (QED) is 0.675. The molecule has 5 rings (SSSR count). The number of nitrogens with zero attached hydrogens (tertiary/aromatic N) is 2. The Hall–Kier alpha value is -1.95. The highest BCUT2D eigenvalue weighted by molar-refractivity contribution is 5.83. The molecule has 1 aromatic heterocycles. The van der Waals surface area contributed by atoms with Gasteiger partial charge in [0.25, 0.3) is 0 Å². The van der Waals surface area contributed by atoms with E-state index in [1.165, 1.54) is 6.42 Å². The van der Waals surface area contributed by atoms with Crippen LogP contribution in [0.2, 0.25) is 0 Å². The summed E-state index contributed by atoms with van der Waals surface area (Å²) in [6.07, 6.45) is 5.73. The molecule has 2 aromatic rings. The summed E-state index contributed by atoms with van der Waals surface area (Å²) in [5.74, 6) is 2.03. The minimum atomic E-state index is -0.490. The number of aliphatic hydroxyl groups is 1. The lowest BCUT2D eigenvalue weighted by Crippen LogP contribution is -2.66. The highest BCUT2D eigenvalue weighted by Crippen LogP contribution is 2.45. The maximum absolute atomic E-state index is 11.3. The summed E-state index contributed by atoms with van der Waals surface area (Å²) in [4.78, 5) is 4.45. The van der Waals surface area contributed by atoms with Gasteiger partial charge in [0.15, 0.2) is 0 Å². The van der Waals surface area contributed by atoms with E-state index in [0.29, 0.717) is 11.8 Å². The van der Waals surface area contributed by atoms with Gasteiger partial charge >= 0.3 is 0 Å². The number of aliphatic hydroxyl groups excluding tert-OH is 1. The molecule has 26 heavy (non-hydrogen) atoms. The molecule has 3 aliphatic heterocycles. The lowest BCUT2D eigenvalue weighted by atomic mass is 9.72. The number of pyridine rings is 1.